The zero-order valence-corrected chi connectivity index (χ0v) is 10.7. The van der Waals surface area contributed by atoms with E-state index in [1.54, 1.807) is 12.3 Å². The Morgan fingerprint density at radius 2 is 2.35 bits per heavy atom. The fraction of sp³-hybridized carbons (Fsp3) is 0.500. The number of hydrogen-bond donors (Lipinski definition) is 1. The van der Waals surface area contributed by atoms with Crippen LogP contribution in [0.25, 0.3) is 0 Å². The van der Waals surface area contributed by atoms with Gasteiger partial charge in [-0.15, -0.1) is 0 Å². The van der Waals surface area contributed by atoms with Gasteiger partial charge in [0.15, 0.2) is 0 Å². The molecule has 0 saturated heterocycles. The number of carbonyl (C=O) groups excluding carboxylic acids is 1. The SMILES string of the molecule is CCCOCCCNC(=O)c1cnccc1Cl. The molecule has 17 heavy (non-hydrogen) atoms. The second-order valence-corrected chi connectivity index (χ2v) is 3.98. The molecule has 1 aromatic heterocycles. The minimum Gasteiger partial charge on any atom is -0.381 e. The van der Waals surface area contributed by atoms with Gasteiger partial charge in [-0.2, -0.15) is 0 Å². The van der Waals surface area contributed by atoms with Crippen molar-refractivity contribution in [2.45, 2.75) is 19.8 Å². The van der Waals surface area contributed by atoms with Crippen LogP contribution in [0.5, 0.6) is 0 Å². The first-order valence-electron chi connectivity index (χ1n) is 5.71. The Morgan fingerprint density at radius 3 is 3.06 bits per heavy atom. The molecule has 94 valence electrons. The smallest absolute Gasteiger partial charge is 0.254 e. The summed E-state index contributed by atoms with van der Waals surface area (Å²) in [5, 5.41) is 3.19. The van der Waals surface area contributed by atoms with Crippen molar-refractivity contribution in [1.29, 1.82) is 0 Å². The summed E-state index contributed by atoms with van der Waals surface area (Å²) in [6, 6.07) is 1.60. The predicted molar refractivity (Wildman–Crippen MR) is 67.3 cm³/mol. The summed E-state index contributed by atoms with van der Waals surface area (Å²) in [7, 11) is 0. The summed E-state index contributed by atoms with van der Waals surface area (Å²) in [6.07, 6.45) is 4.82. The summed E-state index contributed by atoms with van der Waals surface area (Å²) < 4.78 is 5.30. The number of nitrogens with zero attached hydrogens (tertiary/aromatic N) is 1. The van der Waals surface area contributed by atoms with Gasteiger partial charge in [0.1, 0.15) is 0 Å². The van der Waals surface area contributed by atoms with E-state index in [-0.39, 0.29) is 5.91 Å². The quantitative estimate of drug-likeness (QED) is 0.762. The Kier molecular flexibility index (Phi) is 6.58. The highest BCUT2D eigenvalue weighted by molar-refractivity contribution is 6.33. The van der Waals surface area contributed by atoms with Crippen molar-refractivity contribution in [2.24, 2.45) is 0 Å². The standard InChI is InChI=1S/C12H17ClN2O2/c1-2-7-17-8-3-5-15-12(16)10-9-14-6-4-11(10)13/h4,6,9H,2-3,5,7-8H2,1H3,(H,15,16). The van der Waals surface area contributed by atoms with E-state index in [0.29, 0.717) is 23.7 Å². The molecule has 0 aliphatic rings. The van der Waals surface area contributed by atoms with Crippen LogP contribution in [0.3, 0.4) is 0 Å². The number of halogens is 1. The molecule has 0 radical (unpaired) electrons. The maximum atomic E-state index is 11.7. The van der Waals surface area contributed by atoms with Crippen LogP contribution in [0.15, 0.2) is 18.5 Å². The molecule has 0 aliphatic carbocycles. The van der Waals surface area contributed by atoms with Gasteiger partial charge >= 0.3 is 0 Å². The minimum atomic E-state index is -0.196. The van der Waals surface area contributed by atoms with Crippen LogP contribution in [0.2, 0.25) is 5.02 Å². The Bertz CT molecular complexity index is 358. The first kappa shape index (κ1) is 13.9. The third kappa shape index (κ3) is 5.15. The van der Waals surface area contributed by atoms with E-state index in [1.165, 1.54) is 6.20 Å². The molecule has 0 aromatic carbocycles. The lowest BCUT2D eigenvalue weighted by atomic mass is 10.2. The molecule has 1 aromatic rings. The summed E-state index contributed by atoms with van der Waals surface area (Å²) in [4.78, 5) is 15.5. The lowest BCUT2D eigenvalue weighted by molar-refractivity contribution is 0.0941. The molecule has 1 rings (SSSR count). The average molecular weight is 257 g/mol. The van der Waals surface area contributed by atoms with Crippen molar-refractivity contribution in [3.05, 3.63) is 29.0 Å². The first-order valence-corrected chi connectivity index (χ1v) is 6.09. The molecule has 0 aliphatic heterocycles. The predicted octanol–water partition coefficient (Wildman–Crippen LogP) is 2.28. The highest BCUT2D eigenvalue weighted by atomic mass is 35.5. The summed E-state index contributed by atoms with van der Waals surface area (Å²) >= 11 is 5.87. The van der Waals surface area contributed by atoms with E-state index in [9.17, 15) is 4.79 Å². The van der Waals surface area contributed by atoms with Gasteiger partial charge in [0, 0.05) is 32.2 Å². The number of nitrogens with one attached hydrogen (secondary N) is 1. The van der Waals surface area contributed by atoms with Gasteiger partial charge in [0.2, 0.25) is 0 Å². The van der Waals surface area contributed by atoms with E-state index in [2.05, 4.69) is 17.2 Å². The molecule has 1 N–H and O–H groups in total. The number of aromatic nitrogens is 1. The number of carbonyl (C=O) groups is 1. The van der Waals surface area contributed by atoms with Gasteiger partial charge < -0.3 is 10.1 Å². The lowest BCUT2D eigenvalue weighted by Gasteiger charge is -2.06. The summed E-state index contributed by atoms with van der Waals surface area (Å²) in [5.74, 6) is -0.196. The molecule has 0 fully saturated rings. The third-order valence-corrected chi connectivity index (χ3v) is 2.44. The fourth-order valence-corrected chi connectivity index (χ4v) is 1.45. The van der Waals surface area contributed by atoms with Crippen molar-refractivity contribution >= 4 is 17.5 Å². The van der Waals surface area contributed by atoms with Gasteiger partial charge in [-0.1, -0.05) is 18.5 Å². The molecule has 5 heteroatoms. The molecular weight excluding hydrogens is 240 g/mol. The highest BCUT2D eigenvalue weighted by Gasteiger charge is 2.08. The maximum Gasteiger partial charge on any atom is 0.254 e. The first-order chi connectivity index (χ1) is 8.25. The largest absolute Gasteiger partial charge is 0.381 e. The van der Waals surface area contributed by atoms with Crippen LogP contribution in [-0.2, 0) is 4.74 Å². The molecule has 0 bridgehead atoms. The molecule has 0 saturated carbocycles. The van der Waals surface area contributed by atoms with Crippen LogP contribution in [-0.4, -0.2) is 30.6 Å². The average Bonchev–Trinajstić information content (AvgIpc) is 2.34. The number of pyridine rings is 1. The number of rotatable bonds is 7. The van der Waals surface area contributed by atoms with E-state index in [4.69, 9.17) is 16.3 Å². The van der Waals surface area contributed by atoms with Gasteiger partial charge in [-0.25, -0.2) is 0 Å². The van der Waals surface area contributed by atoms with E-state index >= 15 is 0 Å². The Hall–Kier alpha value is -1.13. The van der Waals surface area contributed by atoms with Crippen LogP contribution in [0.1, 0.15) is 30.1 Å². The number of amides is 1. The second kappa shape index (κ2) is 8.03. The van der Waals surface area contributed by atoms with Crippen molar-refractivity contribution in [3.63, 3.8) is 0 Å². The van der Waals surface area contributed by atoms with Crippen molar-refractivity contribution < 1.29 is 9.53 Å². The van der Waals surface area contributed by atoms with Crippen molar-refractivity contribution in [3.8, 4) is 0 Å². The lowest BCUT2D eigenvalue weighted by Crippen LogP contribution is -2.25. The van der Waals surface area contributed by atoms with Gasteiger partial charge in [0.05, 0.1) is 10.6 Å². The molecule has 0 spiro atoms. The number of ether oxygens (including phenoxy) is 1. The Morgan fingerprint density at radius 1 is 1.53 bits per heavy atom. The summed E-state index contributed by atoms with van der Waals surface area (Å²) in [5.41, 5.74) is 0.406. The third-order valence-electron chi connectivity index (χ3n) is 2.11. The number of hydrogen-bond acceptors (Lipinski definition) is 3. The molecule has 0 atom stereocenters. The second-order valence-electron chi connectivity index (χ2n) is 3.58. The Labute approximate surface area is 106 Å². The summed E-state index contributed by atoms with van der Waals surface area (Å²) in [6.45, 7) is 4.07. The zero-order valence-electron chi connectivity index (χ0n) is 9.91. The van der Waals surface area contributed by atoms with Crippen molar-refractivity contribution in [2.75, 3.05) is 19.8 Å². The van der Waals surface area contributed by atoms with Crippen LogP contribution in [0.4, 0.5) is 0 Å². The van der Waals surface area contributed by atoms with Gasteiger partial charge in [-0.05, 0) is 18.9 Å². The fourth-order valence-electron chi connectivity index (χ4n) is 1.26. The molecule has 4 nitrogen and oxygen atoms in total. The molecule has 0 unspecified atom stereocenters. The highest BCUT2D eigenvalue weighted by Crippen LogP contribution is 2.12. The van der Waals surface area contributed by atoms with Gasteiger partial charge in [0.25, 0.3) is 5.91 Å². The molecule has 1 amide bonds. The van der Waals surface area contributed by atoms with Crippen LogP contribution >= 0.6 is 11.6 Å². The molecule has 1 heterocycles. The zero-order chi connectivity index (χ0) is 12.5. The minimum absolute atomic E-state index is 0.196. The van der Waals surface area contributed by atoms with E-state index in [0.717, 1.165) is 19.4 Å². The maximum absolute atomic E-state index is 11.7. The molecular formula is C12H17ClN2O2. The normalized spacial score (nSPS) is 10.2. The van der Waals surface area contributed by atoms with Crippen LogP contribution < -0.4 is 5.32 Å². The monoisotopic (exact) mass is 256 g/mol. The van der Waals surface area contributed by atoms with E-state index in [1.807, 2.05) is 0 Å². The Balaban J connectivity index is 2.24. The van der Waals surface area contributed by atoms with Crippen LogP contribution in [0, 0.1) is 0 Å². The topological polar surface area (TPSA) is 51.2 Å². The van der Waals surface area contributed by atoms with E-state index < -0.39 is 0 Å². The van der Waals surface area contributed by atoms with Gasteiger partial charge in [-0.3, -0.25) is 9.78 Å². The van der Waals surface area contributed by atoms with Crippen molar-refractivity contribution in [1.82, 2.24) is 10.3 Å².